The van der Waals surface area contributed by atoms with E-state index < -0.39 is 0 Å². The lowest BCUT2D eigenvalue weighted by molar-refractivity contribution is -0.132. The normalized spacial score (nSPS) is 15.7. The summed E-state index contributed by atoms with van der Waals surface area (Å²) in [6, 6.07) is 16.2. The van der Waals surface area contributed by atoms with Gasteiger partial charge in [-0.15, -0.1) is 0 Å². The molecule has 0 aliphatic carbocycles. The molecule has 114 valence electrons. The molecule has 22 heavy (non-hydrogen) atoms. The van der Waals surface area contributed by atoms with Crippen LogP contribution < -0.4 is 0 Å². The van der Waals surface area contributed by atoms with E-state index in [0.29, 0.717) is 6.42 Å². The average Bonchev–Trinajstić information content (AvgIpc) is 2.57. The number of nitrogens with zero attached hydrogens (tertiary/aromatic N) is 3. The highest BCUT2D eigenvalue weighted by atomic mass is 16.2. The fourth-order valence-electron chi connectivity index (χ4n) is 2.77. The Balaban J connectivity index is 1.48. The molecule has 4 nitrogen and oxygen atoms in total. The Bertz CT molecular complexity index is 592. The van der Waals surface area contributed by atoms with Gasteiger partial charge in [0, 0.05) is 44.6 Å². The van der Waals surface area contributed by atoms with Gasteiger partial charge in [-0.2, -0.15) is 0 Å². The van der Waals surface area contributed by atoms with Crippen molar-refractivity contribution < 1.29 is 4.79 Å². The molecule has 0 spiro atoms. The fraction of sp³-hybridized carbons (Fsp3) is 0.333. The minimum Gasteiger partial charge on any atom is -0.340 e. The van der Waals surface area contributed by atoms with E-state index in [-0.39, 0.29) is 5.91 Å². The van der Waals surface area contributed by atoms with Crippen LogP contribution in [0.1, 0.15) is 11.3 Å². The Morgan fingerprint density at radius 2 is 1.68 bits per heavy atom. The van der Waals surface area contributed by atoms with Gasteiger partial charge < -0.3 is 4.90 Å². The van der Waals surface area contributed by atoms with E-state index in [2.05, 4.69) is 34.1 Å². The van der Waals surface area contributed by atoms with E-state index in [1.807, 2.05) is 29.2 Å². The summed E-state index contributed by atoms with van der Waals surface area (Å²) in [5.74, 6) is 0.179. The predicted molar refractivity (Wildman–Crippen MR) is 86.2 cm³/mol. The second kappa shape index (κ2) is 7.18. The van der Waals surface area contributed by atoms with E-state index in [4.69, 9.17) is 0 Å². The quantitative estimate of drug-likeness (QED) is 0.865. The lowest BCUT2D eigenvalue weighted by atomic mass is 10.2. The Kier molecular flexibility index (Phi) is 4.81. The molecule has 0 radical (unpaired) electrons. The topological polar surface area (TPSA) is 36.4 Å². The summed E-state index contributed by atoms with van der Waals surface area (Å²) in [4.78, 5) is 20.9. The molecule has 1 fully saturated rings. The number of hydrogen-bond donors (Lipinski definition) is 0. The van der Waals surface area contributed by atoms with Gasteiger partial charge in [0.05, 0.1) is 6.42 Å². The molecule has 0 bridgehead atoms. The zero-order valence-corrected chi connectivity index (χ0v) is 12.7. The minimum atomic E-state index is 0.179. The van der Waals surface area contributed by atoms with Gasteiger partial charge in [0.2, 0.25) is 5.91 Å². The van der Waals surface area contributed by atoms with E-state index in [1.165, 1.54) is 5.56 Å². The molecule has 4 heteroatoms. The van der Waals surface area contributed by atoms with E-state index in [0.717, 1.165) is 38.4 Å². The average molecular weight is 295 g/mol. The van der Waals surface area contributed by atoms with Crippen LogP contribution in [0.5, 0.6) is 0 Å². The van der Waals surface area contributed by atoms with Crippen molar-refractivity contribution >= 4 is 5.91 Å². The van der Waals surface area contributed by atoms with Gasteiger partial charge in [0.15, 0.2) is 0 Å². The van der Waals surface area contributed by atoms with Crippen molar-refractivity contribution in [1.82, 2.24) is 14.8 Å². The zero-order valence-electron chi connectivity index (χ0n) is 12.7. The van der Waals surface area contributed by atoms with Crippen LogP contribution in [0.25, 0.3) is 0 Å². The zero-order chi connectivity index (χ0) is 15.2. The highest BCUT2D eigenvalue weighted by molar-refractivity contribution is 5.78. The smallest absolute Gasteiger partial charge is 0.228 e. The van der Waals surface area contributed by atoms with Gasteiger partial charge in [-0.1, -0.05) is 36.4 Å². The van der Waals surface area contributed by atoms with Crippen molar-refractivity contribution in [3.63, 3.8) is 0 Å². The van der Waals surface area contributed by atoms with Crippen molar-refractivity contribution in [3.8, 4) is 0 Å². The van der Waals surface area contributed by atoms with Crippen molar-refractivity contribution in [1.29, 1.82) is 0 Å². The minimum absolute atomic E-state index is 0.179. The van der Waals surface area contributed by atoms with Crippen molar-refractivity contribution in [2.45, 2.75) is 13.0 Å². The Morgan fingerprint density at radius 3 is 2.36 bits per heavy atom. The molecule has 0 unspecified atom stereocenters. The van der Waals surface area contributed by atoms with Crippen LogP contribution in [-0.4, -0.2) is 46.9 Å². The van der Waals surface area contributed by atoms with Gasteiger partial charge in [-0.3, -0.25) is 14.7 Å². The van der Waals surface area contributed by atoms with Gasteiger partial charge >= 0.3 is 0 Å². The number of piperazine rings is 1. The van der Waals surface area contributed by atoms with E-state index in [9.17, 15) is 4.79 Å². The van der Waals surface area contributed by atoms with Crippen LogP contribution in [0, 0.1) is 0 Å². The molecule has 1 aliphatic rings. The standard InChI is InChI=1S/C18H21N3O/c22-18(14-17-8-4-5-9-19-17)21-12-10-20(11-13-21)15-16-6-2-1-3-7-16/h1-9H,10-15H2. The number of carbonyl (C=O) groups excluding carboxylic acids is 1. The van der Waals surface area contributed by atoms with E-state index >= 15 is 0 Å². The largest absolute Gasteiger partial charge is 0.340 e. The Morgan fingerprint density at radius 1 is 0.955 bits per heavy atom. The van der Waals surface area contributed by atoms with Crippen molar-refractivity contribution in [2.24, 2.45) is 0 Å². The summed E-state index contributed by atoms with van der Waals surface area (Å²) >= 11 is 0. The van der Waals surface area contributed by atoms with Crippen LogP contribution in [0.15, 0.2) is 54.7 Å². The summed E-state index contributed by atoms with van der Waals surface area (Å²) in [5.41, 5.74) is 2.18. The first-order valence-electron chi connectivity index (χ1n) is 7.75. The first kappa shape index (κ1) is 14.7. The number of benzene rings is 1. The molecule has 2 heterocycles. The van der Waals surface area contributed by atoms with Crippen LogP contribution in [0.3, 0.4) is 0 Å². The predicted octanol–water partition coefficient (Wildman–Crippen LogP) is 1.97. The number of amides is 1. The maximum absolute atomic E-state index is 12.3. The first-order valence-corrected chi connectivity index (χ1v) is 7.75. The lowest BCUT2D eigenvalue weighted by Gasteiger charge is -2.34. The highest BCUT2D eigenvalue weighted by Crippen LogP contribution is 2.09. The molecule has 3 rings (SSSR count). The molecule has 1 aliphatic heterocycles. The van der Waals surface area contributed by atoms with Crippen LogP contribution in [0.4, 0.5) is 0 Å². The Labute approximate surface area is 131 Å². The van der Waals surface area contributed by atoms with Gasteiger partial charge in [-0.25, -0.2) is 0 Å². The molecule has 1 amide bonds. The number of rotatable bonds is 4. The number of hydrogen-bond acceptors (Lipinski definition) is 3. The van der Waals surface area contributed by atoms with Crippen molar-refractivity contribution in [2.75, 3.05) is 26.2 Å². The maximum Gasteiger partial charge on any atom is 0.228 e. The van der Waals surface area contributed by atoms with Crippen molar-refractivity contribution in [3.05, 3.63) is 66.0 Å². The van der Waals surface area contributed by atoms with Crippen LogP contribution in [0.2, 0.25) is 0 Å². The molecule has 0 saturated carbocycles. The van der Waals surface area contributed by atoms with Crippen LogP contribution >= 0.6 is 0 Å². The third-order valence-electron chi connectivity index (χ3n) is 4.03. The lowest BCUT2D eigenvalue weighted by Crippen LogP contribution is -2.48. The highest BCUT2D eigenvalue weighted by Gasteiger charge is 2.21. The summed E-state index contributed by atoms with van der Waals surface area (Å²) in [6.07, 6.45) is 2.14. The molecule has 2 aromatic rings. The molecular formula is C18H21N3O. The number of carbonyl (C=O) groups is 1. The number of aromatic nitrogens is 1. The molecule has 1 aromatic carbocycles. The van der Waals surface area contributed by atoms with Gasteiger partial charge in [-0.05, 0) is 17.7 Å². The SMILES string of the molecule is O=C(Cc1ccccn1)N1CCN(Cc2ccccc2)CC1. The summed E-state index contributed by atoms with van der Waals surface area (Å²) in [6.45, 7) is 4.44. The summed E-state index contributed by atoms with van der Waals surface area (Å²) in [7, 11) is 0. The molecule has 0 N–H and O–H groups in total. The fourth-order valence-corrected chi connectivity index (χ4v) is 2.77. The Hall–Kier alpha value is -2.20. The second-order valence-electron chi connectivity index (χ2n) is 5.64. The molecule has 0 atom stereocenters. The number of pyridine rings is 1. The van der Waals surface area contributed by atoms with Gasteiger partial charge in [0.25, 0.3) is 0 Å². The first-order chi connectivity index (χ1) is 10.8. The van der Waals surface area contributed by atoms with Crippen LogP contribution in [-0.2, 0) is 17.8 Å². The maximum atomic E-state index is 12.3. The second-order valence-corrected chi connectivity index (χ2v) is 5.64. The third-order valence-corrected chi connectivity index (χ3v) is 4.03. The van der Waals surface area contributed by atoms with E-state index in [1.54, 1.807) is 6.20 Å². The third kappa shape index (κ3) is 3.92. The molecule has 1 aromatic heterocycles. The summed E-state index contributed by atoms with van der Waals surface area (Å²) < 4.78 is 0. The monoisotopic (exact) mass is 295 g/mol. The van der Waals surface area contributed by atoms with Gasteiger partial charge in [0.1, 0.15) is 0 Å². The molecule has 1 saturated heterocycles. The molecular weight excluding hydrogens is 274 g/mol. The summed E-state index contributed by atoms with van der Waals surface area (Å²) in [5, 5.41) is 0.